The molecule has 0 aromatic heterocycles. The van der Waals surface area contributed by atoms with Gasteiger partial charge in [0.15, 0.2) is 0 Å². The third kappa shape index (κ3) is 5.91. The Morgan fingerprint density at radius 2 is 1.88 bits per heavy atom. The summed E-state index contributed by atoms with van der Waals surface area (Å²) in [6.45, 7) is 2.98. The first-order valence-corrected chi connectivity index (χ1v) is 6.21. The van der Waals surface area contributed by atoms with E-state index in [0.29, 0.717) is 0 Å². The van der Waals surface area contributed by atoms with Crippen LogP contribution in [-0.2, 0) is 4.79 Å². The molecule has 17 heavy (non-hydrogen) atoms. The summed E-state index contributed by atoms with van der Waals surface area (Å²) in [5.41, 5.74) is 1.01. The Morgan fingerprint density at radius 1 is 1.12 bits per heavy atom. The Kier molecular flexibility index (Phi) is 6.80. The molecule has 0 unspecified atom stereocenters. The highest BCUT2D eigenvalue weighted by atomic mass is 16.5. The number of ether oxygens (including phenoxy) is 1. The van der Waals surface area contributed by atoms with Crippen LogP contribution in [0.3, 0.4) is 0 Å². The van der Waals surface area contributed by atoms with Crippen molar-refractivity contribution in [1.82, 2.24) is 0 Å². The fourth-order valence-corrected chi connectivity index (χ4v) is 1.54. The largest absolute Gasteiger partial charge is 0.494 e. The van der Waals surface area contributed by atoms with E-state index >= 15 is 0 Å². The Bertz CT molecular complexity index is 338. The molecule has 1 aromatic rings. The molecule has 0 saturated carbocycles. The van der Waals surface area contributed by atoms with Gasteiger partial charge in [0, 0.05) is 0 Å². The summed E-state index contributed by atoms with van der Waals surface area (Å²) in [4.78, 5) is 10.2. The van der Waals surface area contributed by atoms with Gasteiger partial charge in [0.1, 0.15) is 12.0 Å². The van der Waals surface area contributed by atoms with Crippen LogP contribution in [0.25, 0.3) is 6.08 Å². The molecule has 0 atom stereocenters. The maximum Gasteiger partial charge on any atom is 0.142 e. The van der Waals surface area contributed by atoms with Crippen LogP contribution >= 0.6 is 0 Å². The molecule has 0 aliphatic heterocycles. The minimum atomic E-state index is 0.776. The lowest BCUT2D eigenvalue weighted by atomic mass is 10.2. The highest BCUT2D eigenvalue weighted by Gasteiger charge is 1.93. The predicted molar refractivity (Wildman–Crippen MR) is 71.2 cm³/mol. The molecule has 2 nitrogen and oxygen atoms in total. The van der Waals surface area contributed by atoms with Gasteiger partial charge in [-0.2, -0.15) is 0 Å². The molecule has 0 heterocycles. The van der Waals surface area contributed by atoms with Gasteiger partial charge in [-0.1, -0.05) is 44.4 Å². The highest BCUT2D eigenvalue weighted by Crippen LogP contribution is 2.13. The number of aldehydes is 1. The Hall–Kier alpha value is -1.57. The number of benzene rings is 1. The Labute approximate surface area is 103 Å². The standard InChI is InChI=1S/C15H20O2/c1-2-3-4-5-13-17-15-10-8-14(9-11-15)7-6-12-16/h6-12H,2-5,13H2,1H3. The molecule has 0 aliphatic carbocycles. The van der Waals surface area contributed by atoms with E-state index in [1.54, 1.807) is 6.08 Å². The molecule has 0 saturated heterocycles. The summed E-state index contributed by atoms with van der Waals surface area (Å²) in [6.07, 6.45) is 8.91. The van der Waals surface area contributed by atoms with Crippen molar-refractivity contribution in [3.05, 3.63) is 35.9 Å². The van der Waals surface area contributed by atoms with Gasteiger partial charge in [-0.25, -0.2) is 0 Å². The lowest BCUT2D eigenvalue weighted by Gasteiger charge is -2.05. The van der Waals surface area contributed by atoms with Crippen molar-refractivity contribution < 1.29 is 9.53 Å². The number of carbonyl (C=O) groups excluding carboxylic acids is 1. The zero-order valence-electron chi connectivity index (χ0n) is 10.4. The number of carbonyl (C=O) groups is 1. The Morgan fingerprint density at radius 3 is 2.53 bits per heavy atom. The normalized spacial score (nSPS) is 10.6. The molecular weight excluding hydrogens is 212 g/mol. The van der Waals surface area contributed by atoms with Crippen molar-refractivity contribution in [3.8, 4) is 5.75 Å². The molecule has 0 fully saturated rings. The van der Waals surface area contributed by atoms with E-state index in [0.717, 1.165) is 30.6 Å². The van der Waals surface area contributed by atoms with Crippen molar-refractivity contribution >= 4 is 12.4 Å². The van der Waals surface area contributed by atoms with E-state index < -0.39 is 0 Å². The van der Waals surface area contributed by atoms with Crippen molar-refractivity contribution in [2.45, 2.75) is 32.6 Å². The van der Waals surface area contributed by atoms with E-state index in [4.69, 9.17) is 4.74 Å². The smallest absolute Gasteiger partial charge is 0.142 e. The number of hydrogen-bond acceptors (Lipinski definition) is 2. The second-order valence-electron chi connectivity index (χ2n) is 3.97. The monoisotopic (exact) mass is 232 g/mol. The van der Waals surface area contributed by atoms with Gasteiger partial charge in [0.25, 0.3) is 0 Å². The first-order valence-electron chi connectivity index (χ1n) is 6.21. The number of rotatable bonds is 8. The van der Waals surface area contributed by atoms with Gasteiger partial charge in [-0.05, 0) is 30.2 Å². The number of unbranched alkanes of at least 4 members (excludes halogenated alkanes) is 3. The van der Waals surface area contributed by atoms with Crippen LogP contribution in [0.4, 0.5) is 0 Å². The van der Waals surface area contributed by atoms with Crippen molar-refractivity contribution in [3.63, 3.8) is 0 Å². The van der Waals surface area contributed by atoms with Crippen LogP contribution in [-0.4, -0.2) is 12.9 Å². The summed E-state index contributed by atoms with van der Waals surface area (Å²) in [5.74, 6) is 0.893. The molecular formula is C15H20O2. The average Bonchev–Trinajstić information content (AvgIpc) is 2.37. The average molecular weight is 232 g/mol. The molecule has 0 amide bonds. The van der Waals surface area contributed by atoms with Crippen molar-refractivity contribution in [2.75, 3.05) is 6.61 Å². The zero-order valence-corrected chi connectivity index (χ0v) is 10.4. The van der Waals surface area contributed by atoms with Crippen LogP contribution in [0.15, 0.2) is 30.3 Å². The van der Waals surface area contributed by atoms with Crippen molar-refractivity contribution in [1.29, 1.82) is 0 Å². The van der Waals surface area contributed by atoms with Crippen LogP contribution < -0.4 is 4.74 Å². The van der Waals surface area contributed by atoms with E-state index in [1.807, 2.05) is 24.3 Å². The van der Waals surface area contributed by atoms with Gasteiger partial charge in [-0.3, -0.25) is 4.79 Å². The van der Waals surface area contributed by atoms with E-state index in [1.165, 1.54) is 25.3 Å². The second-order valence-corrected chi connectivity index (χ2v) is 3.97. The molecule has 0 spiro atoms. The molecule has 2 heteroatoms. The van der Waals surface area contributed by atoms with E-state index in [-0.39, 0.29) is 0 Å². The Balaban J connectivity index is 2.30. The summed E-state index contributed by atoms with van der Waals surface area (Å²) in [6, 6.07) is 7.76. The van der Waals surface area contributed by atoms with Crippen LogP contribution in [0.5, 0.6) is 5.75 Å². The summed E-state index contributed by atoms with van der Waals surface area (Å²) in [5, 5.41) is 0. The maximum atomic E-state index is 10.2. The van der Waals surface area contributed by atoms with Crippen LogP contribution in [0, 0.1) is 0 Å². The minimum absolute atomic E-state index is 0.776. The maximum absolute atomic E-state index is 10.2. The van der Waals surface area contributed by atoms with E-state index in [9.17, 15) is 4.79 Å². The molecule has 0 N–H and O–H groups in total. The molecule has 0 bridgehead atoms. The SMILES string of the molecule is CCCCCCOc1ccc(C=CC=O)cc1. The van der Waals surface area contributed by atoms with Crippen molar-refractivity contribution in [2.24, 2.45) is 0 Å². The zero-order chi connectivity index (χ0) is 12.3. The molecule has 1 aromatic carbocycles. The van der Waals surface area contributed by atoms with Crippen LogP contribution in [0.2, 0.25) is 0 Å². The molecule has 92 valence electrons. The van der Waals surface area contributed by atoms with Gasteiger partial charge in [-0.15, -0.1) is 0 Å². The predicted octanol–water partition coefficient (Wildman–Crippen LogP) is 3.86. The lowest BCUT2D eigenvalue weighted by molar-refractivity contribution is -0.104. The summed E-state index contributed by atoms with van der Waals surface area (Å²) >= 11 is 0. The summed E-state index contributed by atoms with van der Waals surface area (Å²) < 4.78 is 5.62. The minimum Gasteiger partial charge on any atom is -0.494 e. The topological polar surface area (TPSA) is 26.3 Å². The van der Waals surface area contributed by atoms with E-state index in [2.05, 4.69) is 6.92 Å². The fourth-order valence-electron chi connectivity index (χ4n) is 1.54. The van der Waals surface area contributed by atoms with Crippen LogP contribution in [0.1, 0.15) is 38.2 Å². The molecule has 0 aliphatic rings. The van der Waals surface area contributed by atoms with Gasteiger partial charge in [0.05, 0.1) is 6.61 Å². The third-order valence-corrected chi connectivity index (χ3v) is 2.51. The lowest BCUT2D eigenvalue weighted by Crippen LogP contribution is -1.96. The first-order chi connectivity index (χ1) is 8.36. The third-order valence-electron chi connectivity index (χ3n) is 2.51. The summed E-state index contributed by atoms with van der Waals surface area (Å²) in [7, 11) is 0. The number of hydrogen-bond donors (Lipinski definition) is 0. The first kappa shape index (κ1) is 13.5. The van der Waals surface area contributed by atoms with Gasteiger partial charge < -0.3 is 4.74 Å². The number of allylic oxidation sites excluding steroid dienone is 1. The van der Waals surface area contributed by atoms with Gasteiger partial charge in [0.2, 0.25) is 0 Å². The highest BCUT2D eigenvalue weighted by molar-refractivity contribution is 5.73. The van der Waals surface area contributed by atoms with Gasteiger partial charge >= 0.3 is 0 Å². The fraction of sp³-hybridized carbons (Fsp3) is 0.400. The second kappa shape index (κ2) is 8.57. The quantitative estimate of drug-likeness (QED) is 0.386. The molecule has 0 radical (unpaired) electrons. The molecule has 1 rings (SSSR count).